The fourth-order valence-corrected chi connectivity index (χ4v) is 4.63. The van der Waals surface area contributed by atoms with Gasteiger partial charge in [-0.25, -0.2) is 0 Å². The summed E-state index contributed by atoms with van der Waals surface area (Å²) in [6, 6.07) is 13.2. The molecule has 1 unspecified atom stereocenters. The second-order valence-electron chi connectivity index (χ2n) is 8.76. The smallest absolute Gasteiger partial charge is 0.260 e. The molecule has 1 aromatic heterocycles. The number of rotatable bonds is 5. The van der Waals surface area contributed by atoms with Gasteiger partial charge in [-0.2, -0.15) is 0 Å². The summed E-state index contributed by atoms with van der Waals surface area (Å²) in [5.41, 5.74) is 3.59. The fourth-order valence-electron chi connectivity index (χ4n) is 4.63. The van der Waals surface area contributed by atoms with E-state index in [-0.39, 0.29) is 23.8 Å². The highest BCUT2D eigenvalue weighted by Crippen LogP contribution is 2.31. The summed E-state index contributed by atoms with van der Waals surface area (Å²) in [5, 5.41) is 15.0. The molecular weight excluding hydrogens is 388 g/mol. The Morgan fingerprint density at radius 1 is 1.10 bits per heavy atom. The highest BCUT2D eigenvalue weighted by Gasteiger charge is 2.24. The van der Waals surface area contributed by atoms with Gasteiger partial charge in [0, 0.05) is 28.6 Å². The van der Waals surface area contributed by atoms with Crippen LogP contribution >= 0.6 is 0 Å². The second-order valence-corrected chi connectivity index (χ2v) is 8.76. The number of aryl methyl sites for hydroxylation is 2. The molecule has 1 fully saturated rings. The van der Waals surface area contributed by atoms with Crippen LogP contribution in [0, 0.1) is 19.8 Å². The van der Waals surface area contributed by atoms with E-state index in [1.54, 1.807) is 18.3 Å². The minimum absolute atomic E-state index is 0.115. The number of aliphatic hydroxyl groups is 1. The molecule has 2 aromatic carbocycles. The molecule has 1 heterocycles. The molecule has 1 atom stereocenters. The van der Waals surface area contributed by atoms with Crippen LogP contribution in [-0.4, -0.2) is 15.6 Å². The molecule has 3 aromatic rings. The van der Waals surface area contributed by atoms with Gasteiger partial charge in [0.05, 0.1) is 6.42 Å². The molecule has 0 spiro atoms. The van der Waals surface area contributed by atoms with Crippen LogP contribution in [0.15, 0.2) is 53.5 Å². The molecule has 0 bridgehead atoms. The maximum atomic E-state index is 13.1. The highest BCUT2D eigenvalue weighted by molar-refractivity contribution is 6.02. The number of nitrogens with one attached hydrogen (secondary N) is 1. The van der Waals surface area contributed by atoms with E-state index >= 15 is 0 Å². The zero-order valence-corrected chi connectivity index (χ0v) is 18.2. The number of carbonyl (C=O) groups is 1. The summed E-state index contributed by atoms with van der Waals surface area (Å²) in [7, 11) is 0. The van der Waals surface area contributed by atoms with Gasteiger partial charge in [-0.1, -0.05) is 49.1 Å². The van der Waals surface area contributed by atoms with E-state index in [0.717, 1.165) is 42.4 Å². The molecule has 31 heavy (non-hydrogen) atoms. The number of amides is 1. The Labute approximate surface area is 182 Å². The Balaban J connectivity index is 1.59. The molecule has 4 rings (SSSR count). The molecule has 1 aliphatic carbocycles. The third-order valence-electron chi connectivity index (χ3n) is 6.46. The first kappa shape index (κ1) is 21.3. The van der Waals surface area contributed by atoms with Gasteiger partial charge in [0.1, 0.15) is 6.23 Å². The number of carbonyl (C=O) groups excluding carboxylic acids is 1. The van der Waals surface area contributed by atoms with Crippen molar-refractivity contribution >= 4 is 22.4 Å². The zero-order valence-electron chi connectivity index (χ0n) is 18.2. The molecule has 2 N–H and O–H groups in total. The number of aliphatic hydroxyl groups excluding tert-OH is 1. The van der Waals surface area contributed by atoms with Crippen LogP contribution in [0.25, 0.3) is 10.8 Å². The van der Waals surface area contributed by atoms with Crippen molar-refractivity contribution in [2.75, 3.05) is 5.32 Å². The SMILES string of the molecule is Cc1ccc(C)c(CC(=O)Nc2cccc3c(=O)n(C(O)C4CCCCC4)ccc23)c1. The average Bonchev–Trinajstić information content (AvgIpc) is 2.77. The molecule has 5 heteroatoms. The first-order valence-corrected chi connectivity index (χ1v) is 11.1. The van der Waals surface area contributed by atoms with Crippen molar-refractivity contribution in [1.29, 1.82) is 0 Å². The van der Waals surface area contributed by atoms with Gasteiger partial charge in [-0.3, -0.25) is 14.2 Å². The van der Waals surface area contributed by atoms with Gasteiger partial charge in [0.25, 0.3) is 5.56 Å². The Kier molecular flexibility index (Phi) is 6.23. The van der Waals surface area contributed by atoms with E-state index in [9.17, 15) is 14.7 Å². The number of benzene rings is 2. The topological polar surface area (TPSA) is 71.3 Å². The number of nitrogens with zero attached hydrogens (tertiary/aromatic N) is 1. The van der Waals surface area contributed by atoms with E-state index < -0.39 is 6.23 Å². The average molecular weight is 419 g/mol. The van der Waals surface area contributed by atoms with E-state index in [0.29, 0.717) is 16.5 Å². The van der Waals surface area contributed by atoms with Gasteiger partial charge < -0.3 is 10.4 Å². The number of hydrogen-bond acceptors (Lipinski definition) is 3. The lowest BCUT2D eigenvalue weighted by Gasteiger charge is -2.28. The predicted molar refractivity (Wildman–Crippen MR) is 124 cm³/mol. The predicted octanol–water partition coefficient (Wildman–Crippen LogP) is 4.87. The van der Waals surface area contributed by atoms with Gasteiger partial charge in [0.15, 0.2) is 0 Å². The summed E-state index contributed by atoms with van der Waals surface area (Å²) in [6.07, 6.45) is 6.41. The van der Waals surface area contributed by atoms with Crippen molar-refractivity contribution in [3.8, 4) is 0 Å². The number of pyridine rings is 1. The van der Waals surface area contributed by atoms with Crippen LogP contribution in [0.2, 0.25) is 0 Å². The van der Waals surface area contributed by atoms with E-state index in [2.05, 4.69) is 5.32 Å². The van der Waals surface area contributed by atoms with Crippen molar-refractivity contribution in [2.24, 2.45) is 5.92 Å². The number of anilines is 1. The summed E-state index contributed by atoms with van der Waals surface area (Å²) in [5.74, 6) is -0.00280. The van der Waals surface area contributed by atoms with Crippen LogP contribution in [0.4, 0.5) is 5.69 Å². The normalized spacial score (nSPS) is 15.7. The highest BCUT2D eigenvalue weighted by atomic mass is 16.3. The van der Waals surface area contributed by atoms with Crippen LogP contribution < -0.4 is 10.9 Å². The number of fused-ring (bicyclic) bond motifs is 1. The van der Waals surface area contributed by atoms with Crippen molar-refractivity contribution in [3.63, 3.8) is 0 Å². The standard InChI is InChI=1S/C26H30N2O3/c1-17-11-12-18(2)20(15-17)16-24(29)27-23-10-6-9-22-21(23)13-14-28(26(22)31)25(30)19-7-4-3-5-8-19/h6,9-15,19,25,30H,3-5,7-8,16H2,1-2H3,(H,27,29). The molecule has 1 saturated carbocycles. The Morgan fingerprint density at radius 2 is 1.87 bits per heavy atom. The summed E-state index contributed by atoms with van der Waals surface area (Å²) < 4.78 is 1.44. The first-order chi connectivity index (χ1) is 14.9. The zero-order chi connectivity index (χ0) is 22.0. The maximum Gasteiger partial charge on any atom is 0.260 e. The third kappa shape index (κ3) is 4.57. The summed E-state index contributed by atoms with van der Waals surface area (Å²) in [6.45, 7) is 4.01. The minimum Gasteiger partial charge on any atom is -0.373 e. The molecular formula is C26H30N2O3. The quantitative estimate of drug-likeness (QED) is 0.621. The molecule has 1 amide bonds. The Hall–Kier alpha value is -2.92. The third-order valence-corrected chi connectivity index (χ3v) is 6.46. The van der Waals surface area contributed by atoms with Crippen molar-refractivity contribution < 1.29 is 9.90 Å². The van der Waals surface area contributed by atoms with Crippen LogP contribution in [-0.2, 0) is 11.2 Å². The van der Waals surface area contributed by atoms with E-state index in [4.69, 9.17) is 0 Å². The molecule has 162 valence electrons. The second kappa shape index (κ2) is 9.06. The summed E-state index contributed by atoms with van der Waals surface area (Å²) >= 11 is 0. The van der Waals surface area contributed by atoms with Crippen molar-refractivity contribution in [3.05, 3.63) is 75.7 Å². The monoisotopic (exact) mass is 418 g/mol. The summed E-state index contributed by atoms with van der Waals surface area (Å²) in [4.78, 5) is 25.8. The molecule has 0 saturated heterocycles. The lowest BCUT2D eigenvalue weighted by atomic mass is 9.88. The van der Waals surface area contributed by atoms with Gasteiger partial charge in [-0.15, -0.1) is 0 Å². The maximum absolute atomic E-state index is 13.1. The van der Waals surface area contributed by atoms with Crippen molar-refractivity contribution in [1.82, 2.24) is 4.57 Å². The molecule has 1 aliphatic rings. The van der Waals surface area contributed by atoms with E-state index in [1.165, 1.54) is 11.0 Å². The molecule has 0 aliphatic heterocycles. The van der Waals surface area contributed by atoms with Crippen LogP contribution in [0.1, 0.15) is 55.0 Å². The van der Waals surface area contributed by atoms with Crippen LogP contribution in [0.5, 0.6) is 0 Å². The number of aromatic nitrogens is 1. The van der Waals surface area contributed by atoms with Crippen LogP contribution in [0.3, 0.4) is 0 Å². The van der Waals surface area contributed by atoms with Gasteiger partial charge >= 0.3 is 0 Å². The fraction of sp³-hybridized carbons (Fsp3) is 0.385. The van der Waals surface area contributed by atoms with Crippen molar-refractivity contribution in [2.45, 2.75) is 58.6 Å². The lowest BCUT2D eigenvalue weighted by Crippen LogP contribution is -2.30. The molecule has 5 nitrogen and oxygen atoms in total. The van der Waals surface area contributed by atoms with Gasteiger partial charge in [-0.05, 0) is 56.0 Å². The number of hydrogen-bond donors (Lipinski definition) is 2. The van der Waals surface area contributed by atoms with E-state index in [1.807, 2.05) is 44.2 Å². The Morgan fingerprint density at radius 3 is 2.65 bits per heavy atom. The molecule has 0 radical (unpaired) electrons. The lowest BCUT2D eigenvalue weighted by molar-refractivity contribution is -0.115. The Bertz CT molecular complexity index is 1160. The minimum atomic E-state index is -0.806. The van der Waals surface area contributed by atoms with Gasteiger partial charge in [0.2, 0.25) is 5.91 Å². The first-order valence-electron chi connectivity index (χ1n) is 11.1. The largest absolute Gasteiger partial charge is 0.373 e.